The maximum absolute atomic E-state index is 14.3. The molecule has 0 radical (unpaired) electrons. The van der Waals surface area contributed by atoms with Crippen molar-refractivity contribution in [1.82, 2.24) is 0 Å². The first-order valence-corrected chi connectivity index (χ1v) is 13.5. The predicted molar refractivity (Wildman–Crippen MR) is 139 cm³/mol. The van der Waals surface area contributed by atoms with Gasteiger partial charge in [-0.3, -0.25) is 19.1 Å². The number of hydrogen-bond acceptors (Lipinski definition) is 6. The van der Waals surface area contributed by atoms with Gasteiger partial charge in [0.05, 0.1) is 30.7 Å². The van der Waals surface area contributed by atoms with Gasteiger partial charge < -0.3 is 9.05 Å². The Morgan fingerprint density at radius 3 is 1.94 bits per heavy atom. The monoisotopic (exact) mass is 502 g/mol. The van der Waals surface area contributed by atoms with Gasteiger partial charge in [0.15, 0.2) is 5.28 Å². The summed E-state index contributed by atoms with van der Waals surface area (Å²) in [5, 5.41) is -1.66. The molecule has 1 fully saturated rings. The van der Waals surface area contributed by atoms with Crippen LogP contribution in [0.3, 0.4) is 0 Å². The van der Waals surface area contributed by atoms with Gasteiger partial charge in [-0.05, 0) is 42.7 Å². The molecule has 0 aromatic heterocycles. The maximum atomic E-state index is 14.3. The lowest BCUT2D eigenvalue weighted by Gasteiger charge is -2.37. The van der Waals surface area contributed by atoms with Gasteiger partial charge in [0.2, 0.25) is 11.8 Å². The van der Waals surface area contributed by atoms with E-state index in [1.54, 1.807) is 50.2 Å². The molecule has 184 valence electrons. The first kappa shape index (κ1) is 24.3. The van der Waals surface area contributed by atoms with Crippen LogP contribution >= 0.6 is 7.60 Å². The van der Waals surface area contributed by atoms with Crippen molar-refractivity contribution in [2.24, 2.45) is 16.8 Å². The van der Waals surface area contributed by atoms with Gasteiger partial charge in [0, 0.05) is 6.21 Å². The van der Waals surface area contributed by atoms with E-state index in [1.165, 1.54) is 11.1 Å². The molecular formula is C28H27N2O5P. The topological polar surface area (TPSA) is 85.3 Å². The number of carbonyl (C=O) groups is 2. The molecule has 3 atom stereocenters. The number of rotatable bonds is 8. The highest BCUT2D eigenvalue weighted by Crippen LogP contribution is 2.72. The lowest BCUT2D eigenvalue weighted by molar-refractivity contribution is -0.123. The minimum atomic E-state index is -4.02. The van der Waals surface area contributed by atoms with Crippen LogP contribution in [-0.2, 0) is 28.5 Å². The Kier molecular flexibility index (Phi) is 6.47. The van der Waals surface area contributed by atoms with E-state index < -0.39 is 36.5 Å². The number of carbonyl (C=O) groups excluding carboxylic acids is 2. The number of fused-ring (bicyclic) bond motifs is 1. The standard InChI is InChI=1S/C28H27N2O5P/c1-3-34-36(33,35-4-2)28(22-13-9-6-10-14-22)25-24(19-29-28)26(31)30(27(25)32)23-17-15-21(16-18-23)20-11-7-5-8-12-20/h5-19,24-25H,3-4H2,1-2H3. The van der Waals surface area contributed by atoms with Crippen molar-refractivity contribution in [3.8, 4) is 11.1 Å². The molecule has 2 heterocycles. The summed E-state index contributed by atoms with van der Waals surface area (Å²) in [4.78, 5) is 33.3. The summed E-state index contributed by atoms with van der Waals surface area (Å²) in [6, 6.07) is 26.0. The normalized spacial score (nSPS) is 23.3. The Bertz CT molecular complexity index is 1330. The maximum Gasteiger partial charge on any atom is 0.363 e. The molecule has 1 saturated heterocycles. The van der Waals surface area contributed by atoms with Crippen molar-refractivity contribution in [1.29, 1.82) is 0 Å². The Morgan fingerprint density at radius 1 is 0.806 bits per heavy atom. The average Bonchev–Trinajstić information content (AvgIpc) is 3.43. The molecule has 36 heavy (non-hydrogen) atoms. The number of aliphatic imine (C=N–C) groups is 1. The van der Waals surface area contributed by atoms with Crippen molar-refractivity contribution in [3.63, 3.8) is 0 Å². The van der Waals surface area contributed by atoms with E-state index in [4.69, 9.17) is 9.05 Å². The van der Waals surface area contributed by atoms with E-state index in [0.717, 1.165) is 11.1 Å². The zero-order valence-electron chi connectivity index (χ0n) is 20.1. The summed E-state index contributed by atoms with van der Waals surface area (Å²) < 4.78 is 25.8. The molecule has 7 nitrogen and oxygen atoms in total. The molecule has 0 saturated carbocycles. The highest BCUT2D eigenvalue weighted by atomic mass is 31.2. The first-order chi connectivity index (χ1) is 17.5. The number of benzene rings is 3. The molecule has 3 aromatic rings. The van der Waals surface area contributed by atoms with Crippen molar-refractivity contribution in [2.75, 3.05) is 18.1 Å². The zero-order valence-corrected chi connectivity index (χ0v) is 21.0. The highest BCUT2D eigenvalue weighted by molar-refractivity contribution is 7.55. The first-order valence-electron chi connectivity index (χ1n) is 12.0. The van der Waals surface area contributed by atoms with Crippen molar-refractivity contribution < 1.29 is 23.2 Å². The number of hydrogen-bond donors (Lipinski definition) is 0. The summed E-state index contributed by atoms with van der Waals surface area (Å²) in [6.07, 6.45) is 1.45. The second kappa shape index (κ2) is 9.58. The lowest BCUT2D eigenvalue weighted by atomic mass is 9.87. The van der Waals surface area contributed by atoms with E-state index in [9.17, 15) is 14.2 Å². The number of anilines is 1. The smallest absolute Gasteiger partial charge is 0.307 e. The van der Waals surface area contributed by atoms with Crippen LogP contribution in [0.15, 0.2) is 89.9 Å². The molecule has 8 heteroatoms. The third-order valence-electron chi connectivity index (χ3n) is 6.66. The Balaban J connectivity index is 1.59. The van der Waals surface area contributed by atoms with Crippen LogP contribution in [0.5, 0.6) is 0 Å². The van der Waals surface area contributed by atoms with Crippen LogP contribution in [-0.4, -0.2) is 31.2 Å². The van der Waals surface area contributed by atoms with Crippen molar-refractivity contribution in [2.45, 2.75) is 19.1 Å². The minimum Gasteiger partial charge on any atom is -0.307 e. The van der Waals surface area contributed by atoms with Crippen molar-refractivity contribution >= 4 is 31.3 Å². The van der Waals surface area contributed by atoms with Gasteiger partial charge in [-0.1, -0.05) is 72.8 Å². The molecule has 5 rings (SSSR count). The molecule has 2 aliphatic rings. The minimum absolute atomic E-state index is 0.103. The highest BCUT2D eigenvalue weighted by Gasteiger charge is 2.69. The van der Waals surface area contributed by atoms with Crippen LogP contribution < -0.4 is 4.90 Å². The van der Waals surface area contributed by atoms with E-state index in [2.05, 4.69) is 4.99 Å². The van der Waals surface area contributed by atoms with E-state index in [0.29, 0.717) is 11.3 Å². The van der Waals surface area contributed by atoms with Crippen LogP contribution in [0.4, 0.5) is 5.69 Å². The fourth-order valence-corrected chi connectivity index (χ4v) is 7.57. The van der Waals surface area contributed by atoms with E-state index in [-0.39, 0.29) is 13.2 Å². The molecule has 3 aromatic carbocycles. The predicted octanol–water partition coefficient (Wildman–Crippen LogP) is 5.66. The molecule has 3 unspecified atom stereocenters. The summed E-state index contributed by atoms with van der Waals surface area (Å²) >= 11 is 0. The fraction of sp³-hybridized carbons (Fsp3) is 0.250. The average molecular weight is 503 g/mol. The molecule has 2 aliphatic heterocycles. The van der Waals surface area contributed by atoms with Crippen LogP contribution in [0, 0.1) is 11.8 Å². The summed E-state index contributed by atoms with van der Waals surface area (Å²) in [5.41, 5.74) is 2.97. The third-order valence-corrected chi connectivity index (χ3v) is 9.35. The largest absolute Gasteiger partial charge is 0.363 e. The van der Waals surface area contributed by atoms with E-state index in [1.807, 2.05) is 48.5 Å². The Hall–Kier alpha value is -3.38. The molecule has 0 aliphatic carbocycles. The van der Waals surface area contributed by atoms with Crippen LogP contribution in [0.1, 0.15) is 19.4 Å². The summed E-state index contributed by atoms with van der Waals surface area (Å²) in [5.74, 6) is -2.80. The van der Waals surface area contributed by atoms with Gasteiger partial charge in [-0.15, -0.1) is 0 Å². The fourth-order valence-electron chi connectivity index (χ4n) is 5.14. The molecule has 0 spiro atoms. The zero-order chi connectivity index (χ0) is 25.3. The van der Waals surface area contributed by atoms with Gasteiger partial charge in [0.25, 0.3) is 0 Å². The second-order valence-electron chi connectivity index (χ2n) is 8.63. The Labute approximate surface area is 210 Å². The number of nitrogens with zero attached hydrogens (tertiary/aromatic N) is 2. The van der Waals surface area contributed by atoms with E-state index >= 15 is 0 Å². The number of imide groups is 1. The van der Waals surface area contributed by atoms with Gasteiger partial charge >= 0.3 is 7.60 Å². The SMILES string of the molecule is CCOP(=O)(OCC)C1(c2ccccc2)N=CC2C(=O)N(c3ccc(-c4ccccc4)cc3)C(=O)C21. The Morgan fingerprint density at radius 2 is 1.36 bits per heavy atom. The molecular weight excluding hydrogens is 475 g/mol. The van der Waals surface area contributed by atoms with Gasteiger partial charge in [0.1, 0.15) is 0 Å². The summed E-state index contributed by atoms with van der Waals surface area (Å²) in [6.45, 7) is 3.63. The number of amides is 2. The van der Waals surface area contributed by atoms with Crippen LogP contribution in [0.25, 0.3) is 11.1 Å². The molecule has 0 N–H and O–H groups in total. The van der Waals surface area contributed by atoms with Crippen molar-refractivity contribution in [3.05, 3.63) is 90.5 Å². The molecule has 0 bridgehead atoms. The second-order valence-corrected chi connectivity index (χ2v) is 10.8. The van der Waals surface area contributed by atoms with Crippen LogP contribution in [0.2, 0.25) is 0 Å². The lowest BCUT2D eigenvalue weighted by Crippen LogP contribution is -2.40. The molecule has 2 amide bonds. The quantitative estimate of drug-likeness (QED) is 0.293. The summed E-state index contributed by atoms with van der Waals surface area (Å²) in [7, 11) is -4.02. The van der Waals surface area contributed by atoms with Gasteiger partial charge in [-0.25, -0.2) is 4.90 Å². The van der Waals surface area contributed by atoms with Gasteiger partial charge in [-0.2, -0.15) is 0 Å². The third kappa shape index (κ3) is 3.66.